The van der Waals surface area contributed by atoms with Gasteiger partial charge < -0.3 is 0 Å². The highest BCUT2D eigenvalue weighted by Crippen LogP contribution is 2.54. The monoisotopic (exact) mass is 764 g/mol. The maximum Gasteiger partial charge on any atom is 0.114 e. The second-order valence-corrected chi connectivity index (χ2v) is 19.4. The molecule has 7 heteroatoms. The Morgan fingerprint density at radius 3 is 1.17 bits per heavy atom. The number of hydrogen-bond acceptors (Lipinski definition) is 7. The first kappa shape index (κ1) is 28.7. The number of benzene rings is 5. The van der Waals surface area contributed by atoms with E-state index in [4.69, 9.17) is 8.75 Å². The molecule has 0 bridgehead atoms. The molecule has 0 saturated heterocycles. The largest absolute Gasteiger partial charge is 0.172 e. The molecule has 5 aromatic heterocycles. The minimum absolute atomic E-state index is 0.972. The normalized spacial score (nSPS) is 14.1. The zero-order chi connectivity index (χ0) is 34.1. The summed E-state index contributed by atoms with van der Waals surface area (Å²) in [5.74, 6) is 0. The van der Waals surface area contributed by atoms with E-state index in [9.17, 15) is 0 Å². The Morgan fingerprint density at radius 2 is 0.736 bits per heavy atom. The van der Waals surface area contributed by atoms with Crippen molar-refractivity contribution in [1.29, 1.82) is 0 Å². The molecule has 10 aromatic rings. The van der Waals surface area contributed by atoms with Gasteiger partial charge >= 0.3 is 0 Å². The topological polar surface area (TPSA) is 25.8 Å². The minimum atomic E-state index is 0.972. The van der Waals surface area contributed by atoms with Gasteiger partial charge in [0.2, 0.25) is 0 Å². The van der Waals surface area contributed by atoms with Gasteiger partial charge in [0.1, 0.15) is 11.0 Å². The van der Waals surface area contributed by atoms with Gasteiger partial charge in [-0.3, -0.25) is 0 Å². The molecular weight excluding hydrogens is 741 g/mol. The van der Waals surface area contributed by atoms with Gasteiger partial charge in [0.15, 0.2) is 0 Å². The molecule has 0 atom stereocenters. The summed E-state index contributed by atoms with van der Waals surface area (Å²) in [5.41, 5.74) is 21.7. The van der Waals surface area contributed by atoms with E-state index in [1.807, 2.05) is 45.3 Å². The third kappa shape index (κ3) is 3.67. The lowest BCUT2D eigenvalue weighted by molar-refractivity contribution is 1.19. The van der Waals surface area contributed by atoms with Crippen LogP contribution in [0.1, 0.15) is 44.5 Å². The van der Waals surface area contributed by atoms with Crippen molar-refractivity contribution in [3.63, 3.8) is 0 Å². The van der Waals surface area contributed by atoms with E-state index in [2.05, 4.69) is 95.7 Å². The molecule has 248 valence electrons. The third-order valence-corrected chi connectivity index (χ3v) is 17.2. The zero-order valence-corrected chi connectivity index (χ0v) is 32.1. The number of hydrogen-bond donors (Lipinski definition) is 0. The Kier molecular flexibility index (Phi) is 5.44. The first-order valence-electron chi connectivity index (χ1n) is 18.0. The van der Waals surface area contributed by atoms with Crippen LogP contribution >= 0.6 is 57.1 Å². The summed E-state index contributed by atoms with van der Waals surface area (Å²) in [4.78, 5) is 8.29. The highest BCUT2D eigenvalue weighted by atomic mass is 32.1. The van der Waals surface area contributed by atoms with E-state index < -0.39 is 0 Å². The van der Waals surface area contributed by atoms with Crippen molar-refractivity contribution in [3.05, 3.63) is 140 Å². The van der Waals surface area contributed by atoms with E-state index in [1.54, 1.807) is 0 Å². The van der Waals surface area contributed by atoms with Crippen molar-refractivity contribution in [2.24, 2.45) is 0 Å². The minimum Gasteiger partial charge on any atom is -0.172 e. The molecule has 5 heterocycles. The lowest BCUT2D eigenvalue weighted by Crippen LogP contribution is -2.04. The molecule has 0 saturated carbocycles. The van der Waals surface area contributed by atoms with Crippen LogP contribution < -0.4 is 0 Å². The summed E-state index contributed by atoms with van der Waals surface area (Å²) in [6.45, 7) is 0. The quantitative estimate of drug-likeness (QED) is 0.175. The van der Waals surface area contributed by atoms with Gasteiger partial charge in [-0.15, -0.1) is 45.3 Å². The van der Waals surface area contributed by atoms with Crippen molar-refractivity contribution in [2.45, 2.75) is 25.7 Å². The summed E-state index contributed by atoms with van der Waals surface area (Å²) in [6, 6.07) is 33.2. The molecule has 0 aliphatic heterocycles. The van der Waals surface area contributed by atoms with Gasteiger partial charge in [-0.1, -0.05) is 60.7 Å². The van der Waals surface area contributed by atoms with Crippen LogP contribution in [0.15, 0.2) is 95.7 Å². The predicted molar refractivity (Wildman–Crippen MR) is 228 cm³/mol. The molecule has 53 heavy (non-hydrogen) atoms. The van der Waals surface area contributed by atoms with Crippen LogP contribution in [0.4, 0.5) is 0 Å². The van der Waals surface area contributed by atoms with Crippen LogP contribution in [-0.4, -0.2) is 8.75 Å². The van der Waals surface area contributed by atoms with Crippen LogP contribution in [0.3, 0.4) is 0 Å². The van der Waals surface area contributed by atoms with Crippen LogP contribution in [0.5, 0.6) is 0 Å². The number of fused-ring (bicyclic) bond motifs is 9. The number of aromatic nitrogens is 2. The Labute approximate surface area is 324 Å². The first-order valence-corrected chi connectivity index (χ1v) is 22.2. The highest BCUT2D eigenvalue weighted by molar-refractivity contribution is 7.20. The summed E-state index contributed by atoms with van der Waals surface area (Å²) < 4.78 is 9.93. The van der Waals surface area contributed by atoms with Crippen LogP contribution in [-0.2, 0) is 25.7 Å². The molecule has 0 amide bonds. The molecule has 4 aliphatic rings. The molecule has 2 nitrogen and oxygen atoms in total. The van der Waals surface area contributed by atoms with E-state index in [-0.39, 0.29) is 0 Å². The second kappa shape index (κ2) is 10.1. The fourth-order valence-electron chi connectivity index (χ4n) is 9.97. The fourth-order valence-corrected chi connectivity index (χ4v) is 14.9. The summed E-state index contributed by atoms with van der Waals surface area (Å²) in [7, 11) is 0. The Hall–Kier alpha value is -4.76. The van der Waals surface area contributed by atoms with Crippen LogP contribution in [0, 0.1) is 0 Å². The third-order valence-electron chi connectivity index (χ3n) is 12.2. The summed E-state index contributed by atoms with van der Waals surface area (Å²) in [5, 5.41) is 10.4. The Bertz CT molecular complexity index is 3090. The van der Waals surface area contributed by atoms with Gasteiger partial charge in [-0.25, -0.2) is 0 Å². The second-order valence-electron chi connectivity index (χ2n) is 14.9. The molecule has 0 unspecified atom stereocenters. The zero-order valence-electron chi connectivity index (χ0n) is 28.0. The van der Waals surface area contributed by atoms with Gasteiger partial charge in [-0.05, 0) is 127 Å². The maximum atomic E-state index is 4.96. The molecule has 14 rings (SSSR count). The van der Waals surface area contributed by atoms with E-state index in [0.29, 0.717) is 0 Å². The fraction of sp³-hybridized carbons (Fsp3) is 0.0870. The van der Waals surface area contributed by atoms with E-state index in [0.717, 1.165) is 36.7 Å². The molecule has 0 radical (unpaired) electrons. The maximum absolute atomic E-state index is 4.96. The summed E-state index contributed by atoms with van der Waals surface area (Å²) in [6.07, 6.45) is 4.01. The lowest BCUT2D eigenvalue weighted by atomic mass is 9.80. The smallest absolute Gasteiger partial charge is 0.114 e. The molecule has 0 spiro atoms. The standard InChI is InChI=1S/C46H24N2S5/c1-5-31-37-21(15-25-11-13-49-43(25)31)3-7-33-39(37)23(1)17-27-19-35(51-45(27)33)29-9-10-30(42-41(29)47-53-48-42)36-20-28-18-24-2-6-32-38-22(16-26-12-14-50-44(26)32)4-8-34(40(24)38)46(28)52-36/h1-14,19-20H,15-18H2. The average Bonchev–Trinajstić information content (AvgIpc) is 4.03. The number of rotatable bonds is 2. The van der Waals surface area contributed by atoms with E-state index in [1.165, 1.54) is 140 Å². The Morgan fingerprint density at radius 1 is 0.358 bits per heavy atom. The lowest BCUT2D eigenvalue weighted by Gasteiger charge is -2.24. The van der Waals surface area contributed by atoms with Gasteiger partial charge in [0, 0.05) is 62.6 Å². The van der Waals surface area contributed by atoms with Crippen molar-refractivity contribution >= 4 is 89.7 Å². The SMILES string of the molecule is c1cc2c(s1)-c1ccc3c4c(ccc(c14)C2)-c1sc(-c2ccc(-c4cc5c(s4)-c4ccc6c7c(ccc(c47)C5)-c4sccc4C6)c4nsnc24)cc1C3. The van der Waals surface area contributed by atoms with Crippen molar-refractivity contribution in [2.75, 3.05) is 0 Å². The molecule has 4 aliphatic carbocycles. The number of thiophene rings is 4. The molecule has 5 aromatic carbocycles. The van der Waals surface area contributed by atoms with Crippen molar-refractivity contribution in [3.8, 4) is 62.6 Å². The van der Waals surface area contributed by atoms with Crippen LogP contribution in [0.25, 0.3) is 95.2 Å². The van der Waals surface area contributed by atoms with E-state index >= 15 is 0 Å². The summed E-state index contributed by atoms with van der Waals surface area (Å²) >= 11 is 8.97. The van der Waals surface area contributed by atoms with Gasteiger partial charge in [0.25, 0.3) is 0 Å². The average molecular weight is 765 g/mol. The molecular formula is C46H24N2S5. The highest BCUT2D eigenvalue weighted by Gasteiger charge is 2.30. The van der Waals surface area contributed by atoms with Crippen molar-refractivity contribution < 1.29 is 0 Å². The van der Waals surface area contributed by atoms with Crippen LogP contribution in [0.2, 0.25) is 0 Å². The van der Waals surface area contributed by atoms with Crippen molar-refractivity contribution in [1.82, 2.24) is 8.75 Å². The first-order chi connectivity index (χ1) is 26.2. The number of nitrogens with zero attached hydrogens (tertiary/aromatic N) is 2. The predicted octanol–water partition coefficient (Wildman–Crippen LogP) is 13.9. The molecule has 0 N–H and O–H groups in total. The Balaban J connectivity index is 0.885. The van der Waals surface area contributed by atoms with Gasteiger partial charge in [-0.2, -0.15) is 8.75 Å². The molecule has 0 fully saturated rings. The van der Waals surface area contributed by atoms with Gasteiger partial charge in [0.05, 0.1) is 11.7 Å².